The average Bonchev–Trinajstić information content (AvgIpc) is 2.98. The second kappa shape index (κ2) is 4.60. The van der Waals surface area contributed by atoms with Gasteiger partial charge in [0.1, 0.15) is 0 Å². The van der Waals surface area contributed by atoms with E-state index in [1.54, 1.807) is 6.20 Å². The van der Waals surface area contributed by atoms with Crippen LogP contribution in [0.1, 0.15) is 15.9 Å². The molecule has 4 aromatic rings. The Kier molecular flexibility index (Phi) is 2.61. The summed E-state index contributed by atoms with van der Waals surface area (Å²) in [6.07, 6.45) is 1.80. The van der Waals surface area contributed by atoms with E-state index in [2.05, 4.69) is 4.98 Å². The molecule has 2 heteroatoms. The van der Waals surface area contributed by atoms with Gasteiger partial charge in [0.25, 0.3) is 0 Å². The number of carbonyl (C=O) groups is 1. The van der Waals surface area contributed by atoms with Crippen LogP contribution in [0.5, 0.6) is 0 Å². The molecule has 0 radical (unpaired) electrons. The van der Waals surface area contributed by atoms with E-state index < -0.39 is 0 Å². The zero-order valence-electron chi connectivity index (χ0n) is 11.3. The van der Waals surface area contributed by atoms with Crippen molar-refractivity contribution in [1.82, 2.24) is 4.98 Å². The average molecular weight is 271 g/mol. The maximum absolute atomic E-state index is 12.9. The Balaban J connectivity index is 1.95. The minimum Gasteiger partial charge on any atom is -0.360 e. The first-order valence-corrected chi connectivity index (χ1v) is 6.93. The summed E-state index contributed by atoms with van der Waals surface area (Å²) in [6, 6.07) is 21.7. The highest BCUT2D eigenvalue weighted by Crippen LogP contribution is 2.25. The van der Waals surface area contributed by atoms with E-state index in [1.807, 2.05) is 66.7 Å². The molecule has 2 nitrogen and oxygen atoms in total. The van der Waals surface area contributed by atoms with Crippen molar-refractivity contribution in [1.29, 1.82) is 0 Å². The fraction of sp³-hybridized carbons (Fsp3) is 0. The summed E-state index contributed by atoms with van der Waals surface area (Å²) in [5, 5.41) is 3.05. The van der Waals surface area contributed by atoms with Crippen LogP contribution in [0.3, 0.4) is 0 Å². The standard InChI is InChI=1S/C19H13NO/c21-19(17-12-20-18-11-4-3-9-15(17)18)16-10-5-7-13-6-1-2-8-14(13)16/h1-12,20H. The molecule has 0 spiro atoms. The van der Waals surface area contributed by atoms with E-state index in [-0.39, 0.29) is 5.78 Å². The van der Waals surface area contributed by atoms with Gasteiger partial charge in [-0.3, -0.25) is 4.79 Å². The molecule has 1 N–H and O–H groups in total. The van der Waals surface area contributed by atoms with Crippen LogP contribution in [-0.4, -0.2) is 10.8 Å². The van der Waals surface area contributed by atoms with Gasteiger partial charge in [0.05, 0.1) is 0 Å². The van der Waals surface area contributed by atoms with Gasteiger partial charge in [-0.05, 0) is 16.8 Å². The van der Waals surface area contributed by atoms with Crippen molar-refractivity contribution in [3.05, 3.63) is 84.1 Å². The smallest absolute Gasteiger partial charge is 0.195 e. The number of benzene rings is 3. The first-order valence-electron chi connectivity index (χ1n) is 6.93. The van der Waals surface area contributed by atoms with Gasteiger partial charge >= 0.3 is 0 Å². The van der Waals surface area contributed by atoms with E-state index in [4.69, 9.17) is 0 Å². The summed E-state index contributed by atoms with van der Waals surface area (Å²) in [5.74, 6) is 0.0595. The van der Waals surface area contributed by atoms with Crippen molar-refractivity contribution in [2.75, 3.05) is 0 Å². The quantitative estimate of drug-likeness (QED) is 0.533. The molecular formula is C19H13NO. The highest BCUT2D eigenvalue weighted by Gasteiger charge is 2.15. The molecule has 1 heterocycles. The number of para-hydroxylation sites is 1. The minimum atomic E-state index is 0.0595. The molecule has 0 unspecified atom stereocenters. The molecule has 100 valence electrons. The fourth-order valence-electron chi connectivity index (χ4n) is 2.83. The lowest BCUT2D eigenvalue weighted by molar-refractivity contribution is 0.104. The van der Waals surface area contributed by atoms with Gasteiger partial charge in [-0.15, -0.1) is 0 Å². The normalized spacial score (nSPS) is 11.0. The number of hydrogen-bond acceptors (Lipinski definition) is 1. The summed E-state index contributed by atoms with van der Waals surface area (Å²) in [7, 11) is 0. The molecule has 0 atom stereocenters. The largest absolute Gasteiger partial charge is 0.360 e. The van der Waals surface area contributed by atoms with E-state index in [9.17, 15) is 4.79 Å². The maximum atomic E-state index is 12.9. The summed E-state index contributed by atoms with van der Waals surface area (Å²) in [5.41, 5.74) is 2.46. The second-order valence-electron chi connectivity index (χ2n) is 5.10. The van der Waals surface area contributed by atoms with Crippen LogP contribution >= 0.6 is 0 Å². The van der Waals surface area contributed by atoms with Gasteiger partial charge in [0, 0.05) is 28.2 Å². The van der Waals surface area contributed by atoms with Crippen molar-refractivity contribution < 1.29 is 4.79 Å². The molecule has 0 aliphatic rings. The van der Waals surface area contributed by atoms with Crippen molar-refractivity contribution in [3.8, 4) is 0 Å². The summed E-state index contributed by atoms with van der Waals surface area (Å²) >= 11 is 0. The monoisotopic (exact) mass is 271 g/mol. The number of nitrogens with one attached hydrogen (secondary N) is 1. The zero-order chi connectivity index (χ0) is 14.2. The minimum absolute atomic E-state index is 0.0595. The molecule has 1 aromatic heterocycles. The van der Waals surface area contributed by atoms with Crippen molar-refractivity contribution in [2.45, 2.75) is 0 Å². The third-order valence-corrected chi connectivity index (χ3v) is 3.87. The Bertz CT molecular complexity index is 960. The molecule has 0 saturated carbocycles. The van der Waals surface area contributed by atoms with Gasteiger partial charge in [0.15, 0.2) is 5.78 Å². The Morgan fingerprint density at radius 3 is 2.33 bits per heavy atom. The number of rotatable bonds is 2. The molecule has 0 amide bonds. The van der Waals surface area contributed by atoms with Crippen LogP contribution in [0.2, 0.25) is 0 Å². The molecule has 0 bridgehead atoms. The van der Waals surface area contributed by atoms with E-state index >= 15 is 0 Å². The molecule has 3 aromatic carbocycles. The predicted octanol–water partition coefficient (Wildman–Crippen LogP) is 4.55. The van der Waals surface area contributed by atoms with Crippen LogP contribution in [-0.2, 0) is 0 Å². The molecule has 0 saturated heterocycles. The molecule has 0 fully saturated rings. The van der Waals surface area contributed by atoms with Crippen LogP contribution in [0, 0.1) is 0 Å². The van der Waals surface area contributed by atoms with Gasteiger partial charge < -0.3 is 4.98 Å². The highest BCUT2D eigenvalue weighted by atomic mass is 16.1. The molecule has 21 heavy (non-hydrogen) atoms. The van der Waals surface area contributed by atoms with Crippen molar-refractivity contribution >= 4 is 27.5 Å². The third-order valence-electron chi connectivity index (χ3n) is 3.87. The zero-order valence-corrected chi connectivity index (χ0v) is 11.3. The second-order valence-corrected chi connectivity index (χ2v) is 5.10. The van der Waals surface area contributed by atoms with E-state index in [0.29, 0.717) is 0 Å². The SMILES string of the molecule is O=C(c1cccc2ccccc12)c1c[nH]c2ccccc12. The topological polar surface area (TPSA) is 32.9 Å². The maximum Gasteiger partial charge on any atom is 0.195 e. The van der Waals surface area contributed by atoms with E-state index in [1.165, 1.54) is 0 Å². The van der Waals surface area contributed by atoms with Gasteiger partial charge in [-0.25, -0.2) is 0 Å². The fourth-order valence-corrected chi connectivity index (χ4v) is 2.83. The first kappa shape index (κ1) is 11.9. The van der Waals surface area contributed by atoms with Crippen molar-refractivity contribution in [3.63, 3.8) is 0 Å². The number of carbonyl (C=O) groups excluding carboxylic acids is 1. The number of aromatic amines is 1. The lowest BCUT2D eigenvalue weighted by atomic mass is 9.97. The molecular weight excluding hydrogens is 258 g/mol. The number of aromatic nitrogens is 1. The summed E-state index contributed by atoms with van der Waals surface area (Å²) in [6.45, 7) is 0. The third kappa shape index (κ3) is 1.84. The Morgan fingerprint density at radius 1 is 0.714 bits per heavy atom. The highest BCUT2D eigenvalue weighted by molar-refractivity contribution is 6.21. The van der Waals surface area contributed by atoms with Gasteiger partial charge in [-0.1, -0.05) is 60.7 Å². The Morgan fingerprint density at radius 2 is 1.43 bits per heavy atom. The summed E-state index contributed by atoms with van der Waals surface area (Å²) < 4.78 is 0. The van der Waals surface area contributed by atoms with Crippen molar-refractivity contribution in [2.24, 2.45) is 0 Å². The molecule has 4 rings (SSSR count). The van der Waals surface area contributed by atoms with Crippen LogP contribution < -0.4 is 0 Å². The lowest BCUT2D eigenvalue weighted by Crippen LogP contribution is -2.01. The lowest BCUT2D eigenvalue weighted by Gasteiger charge is -2.05. The number of hydrogen-bond donors (Lipinski definition) is 1. The number of fused-ring (bicyclic) bond motifs is 2. The number of H-pyrrole nitrogens is 1. The van der Waals surface area contributed by atoms with Gasteiger partial charge in [-0.2, -0.15) is 0 Å². The molecule has 0 aliphatic heterocycles. The van der Waals surface area contributed by atoms with Crippen LogP contribution in [0.15, 0.2) is 72.9 Å². The Labute approximate surface area is 122 Å². The Hall–Kier alpha value is -2.87. The van der Waals surface area contributed by atoms with E-state index in [0.717, 1.165) is 32.8 Å². The molecule has 0 aliphatic carbocycles. The first-order chi connectivity index (χ1) is 10.3. The summed E-state index contributed by atoms with van der Waals surface area (Å²) in [4.78, 5) is 16.1. The predicted molar refractivity (Wildman–Crippen MR) is 85.7 cm³/mol. The van der Waals surface area contributed by atoms with Gasteiger partial charge in [0.2, 0.25) is 0 Å². The van der Waals surface area contributed by atoms with Crippen LogP contribution in [0.4, 0.5) is 0 Å². The number of ketones is 1. The van der Waals surface area contributed by atoms with Crippen LogP contribution in [0.25, 0.3) is 21.7 Å².